The predicted molar refractivity (Wildman–Crippen MR) is 116 cm³/mol. The Morgan fingerprint density at radius 2 is 1.73 bits per heavy atom. The number of unbranched alkanes of at least 4 members (excludes halogenated alkanes) is 1. The van der Waals surface area contributed by atoms with Gasteiger partial charge >= 0.3 is 0 Å². The maximum Gasteiger partial charge on any atom is 0.260 e. The first-order valence-corrected chi connectivity index (χ1v) is 9.97. The van der Waals surface area contributed by atoms with Crippen molar-refractivity contribution in [3.8, 4) is 39.5 Å². The van der Waals surface area contributed by atoms with Crippen molar-refractivity contribution >= 4 is 0 Å². The molecule has 30 heavy (non-hydrogen) atoms. The van der Waals surface area contributed by atoms with Gasteiger partial charge in [-0.25, -0.2) is 0 Å². The zero-order valence-corrected chi connectivity index (χ0v) is 17.0. The molecule has 7 nitrogen and oxygen atoms in total. The molecule has 7 heteroatoms. The van der Waals surface area contributed by atoms with E-state index in [0.29, 0.717) is 17.9 Å². The molecule has 4 aromatic rings. The zero-order valence-electron chi connectivity index (χ0n) is 17.0. The van der Waals surface area contributed by atoms with Crippen molar-refractivity contribution < 1.29 is 4.74 Å². The maximum absolute atomic E-state index is 13.0. The Balaban J connectivity index is 1.77. The summed E-state index contributed by atoms with van der Waals surface area (Å²) < 4.78 is 5.73. The highest BCUT2D eigenvalue weighted by atomic mass is 16.5. The van der Waals surface area contributed by atoms with Gasteiger partial charge in [0.2, 0.25) is 5.82 Å². The lowest BCUT2D eigenvalue weighted by Crippen LogP contribution is -2.12. The van der Waals surface area contributed by atoms with Crippen LogP contribution in [0.4, 0.5) is 0 Å². The van der Waals surface area contributed by atoms with Crippen molar-refractivity contribution in [2.24, 2.45) is 0 Å². The van der Waals surface area contributed by atoms with Crippen LogP contribution in [-0.2, 0) is 0 Å². The normalized spacial score (nSPS) is 10.9. The molecular weight excluding hydrogens is 378 g/mol. The number of aromatic nitrogens is 5. The van der Waals surface area contributed by atoms with E-state index in [1.807, 2.05) is 61.5 Å². The van der Waals surface area contributed by atoms with Gasteiger partial charge in [-0.15, -0.1) is 10.2 Å². The molecule has 0 bridgehead atoms. The van der Waals surface area contributed by atoms with Gasteiger partial charge in [0, 0.05) is 11.3 Å². The van der Waals surface area contributed by atoms with Crippen LogP contribution < -0.4 is 10.3 Å². The van der Waals surface area contributed by atoms with E-state index in [-0.39, 0.29) is 11.4 Å². The first-order chi connectivity index (χ1) is 14.7. The maximum atomic E-state index is 13.0. The Kier molecular flexibility index (Phi) is 5.70. The highest BCUT2D eigenvalue weighted by Crippen LogP contribution is 2.31. The van der Waals surface area contributed by atoms with Crippen LogP contribution in [0.1, 0.15) is 25.3 Å². The second kappa shape index (κ2) is 8.73. The number of aryl methyl sites for hydroxylation is 1. The summed E-state index contributed by atoms with van der Waals surface area (Å²) in [5.74, 6) is 1.08. The Morgan fingerprint density at radius 3 is 2.40 bits per heavy atom. The molecule has 152 valence electrons. The summed E-state index contributed by atoms with van der Waals surface area (Å²) in [6.07, 6.45) is 2.11. The van der Waals surface area contributed by atoms with Crippen molar-refractivity contribution in [3.05, 3.63) is 70.5 Å². The topological polar surface area (TPSA) is 96.6 Å². The number of nitrogens with one attached hydrogen (secondary N) is 2. The molecule has 0 aliphatic heterocycles. The van der Waals surface area contributed by atoms with Crippen LogP contribution in [0.15, 0.2) is 59.4 Å². The standard InChI is InChI=1S/C23H23N5O2/c1-3-4-13-30-18-11-9-17(10-12-18)20-14-19(16-7-5-15(2)6-8-16)21(23(29)24-20)22-25-27-28-26-22/h5-12,14H,3-4,13H2,1-2H3,(H,24,29)(H,25,26,27,28). The molecule has 2 heterocycles. The van der Waals surface area contributed by atoms with Crippen molar-refractivity contribution in [1.29, 1.82) is 0 Å². The average Bonchev–Trinajstić information content (AvgIpc) is 3.29. The molecule has 2 N–H and O–H groups in total. The van der Waals surface area contributed by atoms with Crippen LogP contribution >= 0.6 is 0 Å². The van der Waals surface area contributed by atoms with Gasteiger partial charge < -0.3 is 9.72 Å². The lowest BCUT2D eigenvalue weighted by Gasteiger charge is -2.11. The van der Waals surface area contributed by atoms with Gasteiger partial charge in [0.1, 0.15) is 5.75 Å². The van der Waals surface area contributed by atoms with E-state index in [2.05, 4.69) is 32.5 Å². The molecule has 0 aliphatic rings. The Hall–Kier alpha value is -3.74. The first-order valence-electron chi connectivity index (χ1n) is 9.97. The van der Waals surface area contributed by atoms with Crippen molar-refractivity contribution in [3.63, 3.8) is 0 Å². The van der Waals surface area contributed by atoms with Crippen molar-refractivity contribution in [2.45, 2.75) is 26.7 Å². The monoisotopic (exact) mass is 401 g/mol. The summed E-state index contributed by atoms with van der Waals surface area (Å²) in [5.41, 5.74) is 4.52. The Labute approximate surface area is 174 Å². The fraction of sp³-hybridized carbons (Fsp3) is 0.217. The lowest BCUT2D eigenvalue weighted by molar-refractivity contribution is 0.309. The van der Waals surface area contributed by atoms with E-state index in [1.165, 1.54) is 0 Å². The zero-order chi connectivity index (χ0) is 20.9. The smallest absolute Gasteiger partial charge is 0.260 e. The van der Waals surface area contributed by atoms with Gasteiger partial charge in [-0.1, -0.05) is 43.2 Å². The third-order valence-corrected chi connectivity index (χ3v) is 4.90. The van der Waals surface area contributed by atoms with Gasteiger partial charge in [-0.3, -0.25) is 4.79 Å². The van der Waals surface area contributed by atoms with Crippen molar-refractivity contribution in [1.82, 2.24) is 25.6 Å². The Morgan fingerprint density at radius 1 is 1.00 bits per heavy atom. The molecule has 0 aliphatic carbocycles. The summed E-state index contributed by atoms with van der Waals surface area (Å²) >= 11 is 0. The molecule has 0 fully saturated rings. The predicted octanol–water partition coefficient (Wildman–Crippen LogP) is 4.38. The number of H-pyrrole nitrogens is 2. The van der Waals surface area contributed by atoms with Gasteiger partial charge in [-0.2, -0.15) is 5.21 Å². The van der Waals surface area contributed by atoms with Crippen LogP contribution in [0.3, 0.4) is 0 Å². The second-order valence-electron chi connectivity index (χ2n) is 7.13. The minimum absolute atomic E-state index is 0.262. The SMILES string of the molecule is CCCCOc1ccc(-c2cc(-c3ccc(C)cc3)c(-c3nn[nH]n3)c(=O)[nH]2)cc1. The fourth-order valence-corrected chi connectivity index (χ4v) is 3.23. The first kappa shape index (κ1) is 19.6. The summed E-state index contributed by atoms with van der Waals surface area (Å²) in [6, 6.07) is 17.7. The van der Waals surface area contributed by atoms with Crippen LogP contribution in [0, 0.1) is 6.92 Å². The highest BCUT2D eigenvalue weighted by molar-refractivity contribution is 5.83. The van der Waals surface area contributed by atoms with Crippen LogP contribution in [0.5, 0.6) is 5.75 Å². The van der Waals surface area contributed by atoms with Gasteiger partial charge in [0.05, 0.1) is 12.2 Å². The molecule has 0 spiro atoms. The van der Waals surface area contributed by atoms with Gasteiger partial charge in [0.25, 0.3) is 5.56 Å². The fourth-order valence-electron chi connectivity index (χ4n) is 3.23. The Bertz CT molecular complexity index is 1160. The van der Waals surface area contributed by atoms with E-state index < -0.39 is 0 Å². The molecule has 2 aromatic carbocycles. The van der Waals surface area contributed by atoms with E-state index in [4.69, 9.17) is 4.74 Å². The van der Waals surface area contributed by atoms with E-state index >= 15 is 0 Å². The number of benzene rings is 2. The minimum Gasteiger partial charge on any atom is -0.494 e. The van der Waals surface area contributed by atoms with Crippen molar-refractivity contribution in [2.75, 3.05) is 6.61 Å². The van der Waals surface area contributed by atoms with Crippen LogP contribution in [-0.4, -0.2) is 32.2 Å². The van der Waals surface area contributed by atoms with Crippen LogP contribution in [0.25, 0.3) is 33.8 Å². The number of pyridine rings is 1. The third-order valence-electron chi connectivity index (χ3n) is 4.90. The minimum atomic E-state index is -0.271. The number of hydrogen-bond donors (Lipinski definition) is 2. The number of hydrogen-bond acceptors (Lipinski definition) is 5. The number of rotatable bonds is 7. The summed E-state index contributed by atoms with van der Waals surface area (Å²) in [7, 11) is 0. The quantitative estimate of drug-likeness (QED) is 0.448. The van der Waals surface area contributed by atoms with Gasteiger partial charge in [0.15, 0.2) is 0 Å². The van der Waals surface area contributed by atoms with E-state index in [1.54, 1.807) is 0 Å². The summed E-state index contributed by atoms with van der Waals surface area (Å²) in [4.78, 5) is 16.0. The third kappa shape index (κ3) is 4.15. The number of aromatic amines is 2. The van der Waals surface area contributed by atoms with E-state index in [9.17, 15) is 4.79 Å². The number of nitrogens with zero attached hydrogens (tertiary/aromatic N) is 3. The van der Waals surface area contributed by atoms with E-state index in [0.717, 1.165) is 40.8 Å². The van der Waals surface area contributed by atoms with Crippen LogP contribution in [0.2, 0.25) is 0 Å². The second-order valence-corrected chi connectivity index (χ2v) is 7.13. The molecule has 0 radical (unpaired) electrons. The molecule has 0 atom stereocenters. The average molecular weight is 401 g/mol. The molecule has 4 rings (SSSR count). The summed E-state index contributed by atoms with van der Waals surface area (Å²) in [5, 5.41) is 14.1. The highest BCUT2D eigenvalue weighted by Gasteiger charge is 2.18. The molecule has 0 unspecified atom stereocenters. The summed E-state index contributed by atoms with van der Waals surface area (Å²) in [6.45, 7) is 4.85. The molecule has 2 aromatic heterocycles. The lowest BCUT2D eigenvalue weighted by atomic mass is 9.97. The molecular formula is C23H23N5O2. The molecule has 0 saturated heterocycles. The largest absolute Gasteiger partial charge is 0.494 e. The number of ether oxygens (including phenoxy) is 1. The van der Waals surface area contributed by atoms with Gasteiger partial charge in [-0.05, 0) is 60.0 Å². The molecule has 0 saturated carbocycles. The molecule has 0 amide bonds. The number of tetrazole rings is 1.